The fraction of sp³-hybridized carbons (Fsp3) is 0.300. The molecule has 1 amide bonds. The molecule has 5 nitrogen and oxygen atoms in total. The predicted molar refractivity (Wildman–Crippen MR) is 100 cm³/mol. The summed E-state index contributed by atoms with van der Waals surface area (Å²) in [4.78, 5) is 25.6. The zero-order valence-corrected chi connectivity index (χ0v) is 15.6. The largest absolute Gasteiger partial charge is 0.465 e. The third-order valence-electron chi connectivity index (χ3n) is 4.78. The Kier molecular flexibility index (Phi) is 5.59. The maximum atomic E-state index is 12.5. The lowest BCUT2D eigenvalue weighted by Gasteiger charge is -2.31. The Hall–Kier alpha value is -2.37. The van der Waals surface area contributed by atoms with Crippen molar-refractivity contribution in [2.45, 2.75) is 25.9 Å². The van der Waals surface area contributed by atoms with Gasteiger partial charge in [0.05, 0.1) is 7.11 Å². The molecule has 6 heteroatoms. The average Bonchev–Trinajstić information content (AvgIpc) is 2.63. The van der Waals surface area contributed by atoms with Crippen molar-refractivity contribution in [2.24, 2.45) is 0 Å². The molecular formula is C20H22ClN2O3+. The molecule has 1 heterocycles. The number of nitrogens with one attached hydrogen (secondary N) is 2. The quantitative estimate of drug-likeness (QED) is 0.803. The third-order valence-corrected chi connectivity index (χ3v) is 5.19. The Morgan fingerprint density at radius 3 is 2.65 bits per heavy atom. The van der Waals surface area contributed by atoms with E-state index in [2.05, 4.69) is 5.32 Å². The molecule has 2 atom stereocenters. The molecule has 0 saturated heterocycles. The zero-order valence-electron chi connectivity index (χ0n) is 14.8. The first-order valence-corrected chi connectivity index (χ1v) is 8.91. The van der Waals surface area contributed by atoms with Crippen LogP contribution >= 0.6 is 11.6 Å². The molecule has 0 aliphatic carbocycles. The van der Waals surface area contributed by atoms with E-state index in [1.54, 1.807) is 6.07 Å². The lowest BCUT2D eigenvalue weighted by atomic mass is 9.94. The lowest BCUT2D eigenvalue weighted by molar-refractivity contribution is -0.924. The summed E-state index contributed by atoms with van der Waals surface area (Å²) < 4.78 is 4.95. The summed E-state index contributed by atoms with van der Waals surface area (Å²) in [6.07, 6.45) is 0.571. The highest BCUT2D eigenvalue weighted by atomic mass is 35.5. The van der Waals surface area contributed by atoms with Crippen molar-refractivity contribution < 1.29 is 19.2 Å². The van der Waals surface area contributed by atoms with Crippen LogP contribution in [0.3, 0.4) is 0 Å². The summed E-state index contributed by atoms with van der Waals surface area (Å²) in [6, 6.07) is 13.0. The number of halogens is 1. The van der Waals surface area contributed by atoms with Gasteiger partial charge >= 0.3 is 5.97 Å². The molecule has 0 saturated carbocycles. The van der Waals surface area contributed by atoms with Crippen LogP contribution in [0.2, 0.25) is 5.02 Å². The summed E-state index contributed by atoms with van der Waals surface area (Å²) in [6.45, 7) is 2.70. The molecule has 1 unspecified atom stereocenters. The van der Waals surface area contributed by atoms with Crippen LogP contribution in [0.5, 0.6) is 0 Å². The lowest BCUT2D eigenvalue weighted by Crippen LogP contribution is -3.17. The maximum absolute atomic E-state index is 12.5. The SMILES string of the molecule is COC(=O)[C@H]1Cc2ccccc2C[NH+]1CC(=O)Nc1ccc(C)c(Cl)c1. The molecule has 26 heavy (non-hydrogen) atoms. The van der Waals surface area contributed by atoms with E-state index in [9.17, 15) is 9.59 Å². The minimum atomic E-state index is -0.387. The van der Waals surface area contributed by atoms with E-state index < -0.39 is 0 Å². The number of aryl methyl sites for hydroxylation is 1. The van der Waals surface area contributed by atoms with E-state index >= 15 is 0 Å². The molecule has 2 aromatic carbocycles. The van der Waals surface area contributed by atoms with Crippen molar-refractivity contribution in [3.63, 3.8) is 0 Å². The molecule has 0 radical (unpaired) electrons. The minimum Gasteiger partial charge on any atom is -0.465 e. The zero-order chi connectivity index (χ0) is 18.7. The van der Waals surface area contributed by atoms with Crippen LogP contribution in [-0.4, -0.2) is 31.6 Å². The Morgan fingerprint density at radius 2 is 1.96 bits per heavy atom. The number of methoxy groups -OCH3 is 1. The van der Waals surface area contributed by atoms with E-state index in [4.69, 9.17) is 16.3 Å². The van der Waals surface area contributed by atoms with Gasteiger partial charge in [-0.1, -0.05) is 41.9 Å². The van der Waals surface area contributed by atoms with Crippen molar-refractivity contribution in [3.05, 3.63) is 64.2 Å². The molecule has 3 rings (SSSR count). The second-order valence-electron chi connectivity index (χ2n) is 6.57. The number of amides is 1. The highest BCUT2D eigenvalue weighted by molar-refractivity contribution is 6.31. The van der Waals surface area contributed by atoms with Crippen LogP contribution in [0, 0.1) is 6.92 Å². The molecule has 136 valence electrons. The first-order valence-electron chi connectivity index (χ1n) is 8.53. The van der Waals surface area contributed by atoms with Crippen molar-refractivity contribution in [1.82, 2.24) is 0 Å². The Morgan fingerprint density at radius 1 is 1.23 bits per heavy atom. The molecule has 1 aliphatic rings. The second-order valence-corrected chi connectivity index (χ2v) is 6.98. The molecule has 0 bridgehead atoms. The Bertz CT molecular complexity index is 838. The standard InChI is InChI=1S/C20H21ClN2O3/c1-13-7-8-16(10-17(13)21)22-19(24)12-23-11-15-6-4-3-5-14(15)9-18(23)20(25)26-2/h3-8,10,18H,9,11-12H2,1-2H3,(H,22,24)/p+1/t18-/m1/s1. The normalized spacial score (nSPS) is 18.7. The first-order chi connectivity index (χ1) is 12.5. The monoisotopic (exact) mass is 373 g/mol. The number of carbonyl (C=O) groups is 2. The van der Waals surface area contributed by atoms with Crippen LogP contribution in [0.4, 0.5) is 5.69 Å². The number of esters is 1. The van der Waals surface area contributed by atoms with Gasteiger partial charge in [-0.3, -0.25) is 4.79 Å². The van der Waals surface area contributed by atoms with Crippen molar-refractivity contribution in [1.29, 1.82) is 0 Å². The second kappa shape index (κ2) is 7.89. The minimum absolute atomic E-state index is 0.159. The van der Waals surface area contributed by atoms with Crippen LogP contribution in [0.1, 0.15) is 16.7 Å². The maximum Gasteiger partial charge on any atom is 0.365 e. The number of quaternary nitrogens is 1. The number of hydrogen-bond donors (Lipinski definition) is 2. The van der Waals surface area contributed by atoms with Gasteiger partial charge in [0.2, 0.25) is 0 Å². The van der Waals surface area contributed by atoms with Gasteiger partial charge in [0.25, 0.3) is 5.91 Å². The smallest absolute Gasteiger partial charge is 0.365 e. The van der Waals surface area contributed by atoms with Crippen LogP contribution in [0.25, 0.3) is 0 Å². The number of carbonyl (C=O) groups excluding carboxylic acids is 2. The number of benzene rings is 2. The van der Waals surface area contributed by atoms with E-state index in [0.29, 0.717) is 23.7 Å². The Balaban J connectivity index is 1.74. The summed E-state index contributed by atoms with van der Waals surface area (Å²) in [5.41, 5.74) is 3.90. The highest BCUT2D eigenvalue weighted by Gasteiger charge is 2.37. The highest BCUT2D eigenvalue weighted by Crippen LogP contribution is 2.20. The van der Waals surface area contributed by atoms with E-state index in [0.717, 1.165) is 21.6 Å². The van der Waals surface area contributed by atoms with Gasteiger partial charge in [0.15, 0.2) is 12.6 Å². The summed E-state index contributed by atoms with van der Waals surface area (Å²) >= 11 is 6.11. The predicted octanol–water partition coefficient (Wildman–Crippen LogP) is 1.77. The molecule has 1 aliphatic heterocycles. The van der Waals surface area contributed by atoms with Gasteiger partial charge in [-0.15, -0.1) is 0 Å². The fourth-order valence-corrected chi connectivity index (χ4v) is 3.50. The Labute approximate surface area is 157 Å². The summed E-state index contributed by atoms with van der Waals surface area (Å²) in [7, 11) is 1.38. The van der Waals surface area contributed by atoms with Crippen molar-refractivity contribution in [3.8, 4) is 0 Å². The van der Waals surface area contributed by atoms with Gasteiger partial charge < -0.3 is 15.0 Å². The molecule has 0 fully saturated rings. The van der Waals surface area contributed by atoms with E-state index in [-0.39, 0.29) is 24.5 Å². The third kappa shape index (κ3) is 4.06. The fourth-order valence-electron chi connectivity index (χ4n) is 3.32. The van der Waals surface area contributed by atoms with Crippen LogP contribution in [0.15, 0.2) is 42.5 Å². The first kappa shape index (κ1) is 18.4. The molecule has 2 aromatic rings. The number of fused-ring (bicyclic) bond motifs is 1. The molecule has 0 spiro atoms. The summed E-state index contributed by atoms with van der Waals surface area (Å²) in [5, 5.41) is 3.47. The summed E-state index contributed by atoms with van der Waals surface area (Å²) in [5.74, 6) is -0.450. The average molecular weight is 374 g/mol. The molecule has 0 aromatic heterocycles. The number of anilines is 1. The number of hydrogen-bond acceptors (Lipinski definition) is 3. The van der Waals surface area contributed by atoms with E-state index in [1.807, 2.05) is 43.3 Å². The van der Waals surface area contributed by atoms with E-state index in [1.165, 1.54) is 7.11 Å². The molecular weight excluding hydrogens is 352 g/mol. The number of ether oxygens (including phenoxy) is 1. The van der Waals surface area contributed by atoms with Crippen LogP contribution in [-0.2, 0) is 27.3 Å². The number of rotatable bonds is 4. The topological polar surface area (TPSA) is 59.8 Å². The van der Waals surface area contributed by atoms with Crippen molar-refractivity contribution in [2.75, 3.05) is 19.0 Å². The van der Waals surface area contributed by atoms with Gasteiger partial charge in [0, 0.05) is 22.7 Å². The van der Waals surface area contributed by atoms with Gasteiger partial charge in [0.1, 0.15) is 6.54 Å². The van der Waals surface area contributed by atoms with Gasteiger partial charge in [-0.2, -0.15) is 0 Å². The van der Waals surface area contributed by atoms with Crippen molar-refractivity contribution >= 4 is 29.2 Å². The van der Waals surface area contributed by atoms with Gasteiger partial charge in [-0.05, 0) is 30.2 Å². The van der Waals surface area contributed by atoms with Crippen LogP contribution < -0.4 is 10.2 Å². The van der Waals surface area contributed by atoms with Gasteiger partial charge in [-0.25, -0.2) is 4.79 Å². The molecule has 2 N–H and O–H groups in total.